The van der Waals surface area contributed by atoms with Crippen LogP contribution in [0.1, 0.15) is 64.1 Å². The van der Waals surface area contributed by atoms with E-state index in [9.17, 15) is 19.8 Å². The molecule has 0 amide bonds. The highest BCUT2D eigenvalue weighted by atomic mass is 35.5. The Balaban J connectivity index is 1.23. The molecule has 3 aromatic rings. The van der Waals surface area contributed by atoms with E-state index in [1.165, 1.54) is 21.1 Å². The van der Waals surface area contributed by atoms with Gasteiger partial charge in [-0.25, -0.2) is 4.79 Å². The SMILES string of the molecule is CC[C@]1(O)C[C@H]2CN(CCc3c([nH]c4ccc(Sc5ccccc5Cl)cc34)[C@@](C(=O)OC)(C3C=C4C(=CC3OC)N(C)[C@H]3[C@@](O)(C(=O)OC)[C@H](OC(C)=O)[C@]5(CC)C=CCN6CC[C@]43[C@@H]65)C2)C1. The van der Waals surface area contributed by atoms with Crippen molar-refractivity contribution in [3.8, 4) is 0 Å². The number of nitrogens with one attached hydrogen (secondary N) is 1. The van der Waals surface area contributed by atoms with Crippen LogP contribution in [-0.2, 0) is 45.2 Å². The van der Waals surface area contributed by atoms with Crippen LogP contribution in [0.5, 0.6) is 0 Å². The van der Waals surface area contributed by atoms with Gasteiger partial charge in [0.15, 0.2) is 6.10 Å². The highest BCUT2D eigenvalue weighted by Gasteiger charge is 2.81. The van der Waals surface area contributed by atoms with Crippen molar-refractivity contribution in [1.82, 2.24) is 19.7 Å². The molecule has 2 bridgehead atoms. The number of carbonyl (C=O) groups is 3. The Labute approximate surface area is 401 Å². The Morgan fingerprint density at radius 3 is 2.45 bits per heavy atom. The zero-order valence-electron chi connectivity index (χ0n) is 39.5. The number of H-pyrrole nitrogens is 1. The van der Waals surface area contributed by atoms with Crippen molar-refractivity contribution < 1.29 is 43.5 Å². The molecule has 358 valence electrons. The summed E-state index contributed by atoms with van der Waals surface area (Å²) in [5, 5.41) is 27.3. The monoisotopic (exact) mass is 954 g/mol. The van der Waals surface area contributed by atoms with Crippen LogP contribution in [0.2, 0.25) is 5.02 Å². The van der Waals surface area contributed by atoms with E-state index in [4.69, 9.17) is 30.5 Å². The maximum Gasteiger partial charge on any atom is 0.344 e. The number of piperidine rings is 1. The van der Waals surface area contributed by atoms with Gasteiger partial charge < -0.3 is 39.0 Å². The largest absolute Gasteiger partial charge is 0.468 e. The molecule has 4 fully saturated rings. The maximum atomic E-state index is 15.7. The molecule has 10 rings (SSSR count). The second-order valence-corrected chi connectivity index (χ2v) is 21.8. The van der Waals surface area contributed by atoms with E-state index >= 15 is 4.79 Å². The average molecular weight is 956 g/mol. The summed E-state index contributed by atoms with van der Waals surface area (Å²) in [6.07, 6.45) is 9.51. The molecule has 2 aliphatic carbocycles. The molecule has 1 saturated carbocycles. The number of hydrogen-bond donors (Lipinski definition) is 3. The summed E-state index contributed by atoms with van der Waals surface area (Å²) in [6, 6.07) is 12.9. The normalized spacial score (nSPS) is 37.5. The third-order valence-electron chi connectivity index (χ3n) is 17.1. The number of likely N-dealkylation sites (N-methyl/N-ethyl adjacent to an activating group) is 1. The van der Waals surface area contributed by atoms with Gasteiger partial charge in [0.25, 0.3) is 0 Å². The molecule has 1 spiro atoms. The number of aromatic nitrogens is 1. The second-order valence-electron chi connectivity index (χ2n) is 20.3. The summed E-state index contributed by atoms with van der Waals surface area (Å²) in [6.45, 7) is 8.57. The lowest BCUT2D eigenvalue weighted by Gasteiger charge is -2.63. The smallest absolute Gasteiger partial charge is 0.344 e. The van der Waals surface area contributed by atoms with Crippen molar-refractivity contribution in [3.63, 3.8) is 0 Å². The summed E-state index contributed by atoms with van der Waals surface area (Å²) >= 11 is 8.26. The number of rotatable bonds is 9. The van der Waals surface area contributed by atoms with Crippen LogP contribution >= 0.6 is 23.4 Å². The quantitative estimate of drug-likeness (QED) is 0.123. The van der Waals surface area contributed by atoms with Crippen molar-refractivity contribution in [1.29, 1.82) is 0 Å². The first-order valence-electron chi connectivity index (χ1n) is 23.8. The highest BCUT2D eigenvalue weighted by molar-refractivity contribution is 7.99. The number of esters is 3. The predicted molar refractivity (Wildman–Crippen MR) is 254 cm³/mol. The first-order chi connectivity index (χ1) is 32.1. The van der Waals surface area contributed by atoms with E-state index in [0.29, 0.717) is 76.3 Å². The standard InChI is InChI=1S/C52H63ClN4O9S/c1-8-48(61)26-31-27-51(46(59)64-6,42-33(17-21-56(28-31)29-48)34-23-32(15-16-38(34)54-42)67-41-14-11-10-13-37(41)53)36-24-35-39(25-40(36)63-5)55(4)44-50(35)19-22-57-20-12-18-49(9-2,43(50)57)45(66-30(3)58)52(44,62)47(60)65-7/h10-16,18,23-25,31,36,40,43-45,54,61-62H,8-9,17,19-22,26-29H2,1-7H3/t31-,36?,40?,43+,44-,45-,48+,49-,50-,51+,52+/m1/s1. The number of methoxy groups -OCH3 is 3. The number of aromatic amines is 1. The Morgan fingerprint density at radius 2 is 1.75 bits per heavy atom. The van der Waals surface area contributed by atoms with E-state index in [2.05, 4.69) is 57.3 Å². The van der Waals surface area contributed by atoms with Crippen molar-refractivity contribution in [2.75, 3.05) is 61.1 Å². The third kappa shape index (κ3) is 6.63. The minimum absolute atomic E-state index is 0.110. The molecular weight excluding hydrogens is 892 g/mol. The minimum Gasteiger partial charge on any atom is -0.468 e. The fourth-order valence-electron chi connectivity index (χ4n) is 14.7. The van der Waals surface area contributed by atoms with E-state index < -0.39 is 69.5 Å². The van der Waals surface area contributed by atoms with Gasteiger partial charge in [-0.2, -0.15) is 0 Å². The number of fused-ring (bicyclic) bond motifs is 6. The molecule has 2 aromatic carbocycles. The summed E-state index contributed by atoms with van der Waals surface area (Å²) in [5.74, 6) is -2.67. The van der Waals surface area contributed by atoms with Gasteiger partial charge in [0.2, 0.25) is 5.60 Å². The molecule has 5 aliphatic heterocycles. The van der Waals surface area contributed by atoms with Crippen LogP contribution in [0.3, 0.4) is 0 Å². The van der Waals surface area contributed by atoms with Crippen molar-refractivity contribution in [2.45, 2.75) is 110 Å². The van der Waals surface area contributed by atoms with Crippen LogP contribution in [0, 0.1) is 22.7 Å². The van der Waals surface area contributed by atoms with E-state index in [-0.39, 0.29) is 12.0 Å². The van der Waals surface area contributed by atoms with Crippen molar-refractivity contribution in [2.24, 2.45) is 22.7 Å². The Morgan fingerprint density at radius 1 is 0.970 bits per heavy atom. The molecule has 7 aliphatic rings. The number of benzene rings is 2. The van der Waals surface area contributed by atoms with Gasteiger partial charge in [-0.3, -0.25) is 19.4 Å². The Hall–Kier alpha value is -4.15. The van der Waals surface area contributed by atoms with Crippen LogP contribution < -0.4 is 0 Å². The molecular formula is C52H63ClN4O9S. The number of aliphatic hydroxyl groups is 2. The highest BCUT2D eigenvalue weighted by Crippen LogP contribution is 2.70. The summed E-state index contributed by atoms with van der Waals surface area (Å²) in [4.78, 5) is 55.9. The number of likely N-dealkylation sites (tertiary alicyclic amines) is 1. The van der Waals surface area contributed by atoms with Gasteiger partial charge in [-0.1, -0.05) is 67.6 Å². The van der Waals surface area contributed by atoms with Crippen LogP contribution in [0.4, 0.5) is 0 Å². The number of ether oxygens (including phenoxy) is 4. The molecule has 3 N–H and O–H groups in total. The fraction of sp³-hybridized carbons (Fsp3) is 0.558. The molecule has 12 atom stereocenters. The van der Waals surface area contributed by atoms with Crippen LogP contribution in [0.25, 0.3) is 10.9 Å². The second kappa shape index (κ2) is 16.8. The third-order valence-corrected chi connectivity index (χ3v) is 18.6. The number of hydrogen-bond acceptors (Lipinski definition) is 13. The van der Waals surface area contributed by atoms with Gasteiger partial charge in [-0.05, 0) is 98.5 Å². The van der Waals surface area contributed by atoms with E-state index in [1.807, 2.05) is 50.1 Å². The fourth-order valence-corrected chi connectivity index (χ4v) is 15.8. The van der Waals surface area contributed by atoms with Crippen LogP contribution in [0.15, 0.2) is 87.8 Å². The average Bonchev–Trinajstić information content (AvgIpc) is 3.98. The van der Waals surface area contributed by atoms with Crippen molar-refractivity contribution >= 4 is 52.2 Å². The first-order valence-corrected chi connectivity index (χ1v) is 25.0. The first kappa shape index (κ1) is 46.6. The van der Waals surface area contributed by atoms with Gasteiger partial charge in [-0.15, -0.1) is 0 Å². The zero-order chi connectivity index (χ0) is 47.4. The van der Waals surface area contributed by atoms with Gasteiger partial charge in [0.05, 0.1) is 37.0 Å². The molecule has 13 nitrogen and oxygen atoms in total. The Kier molecular flexibility index (Phi) is 11.7. The molecule has 15 heteroatoms. The molecule has 3 unspecified atom stereocenters. The summed E-state index contributed by atoms with van der Waals surface area (Å²) < 4.78 is 24.4. The topological polar surface area (TPSA) is 154 Å². The lowest BCUT2D eigenvalue weighted by Crippen LogP contribution is -2.79. The number of halogens is 1. The molecule has 1 aromatic heterocycles. The van der Waals surface area contributed by atoms with E-state index in [0.717, 1.165) is 43.2 Å². The Bertz CT molecular complexity index is 2620. The predicted octanol–water partition coefficient (Wildman–Crippen LogP) is 6.44. The molecule has 6 heterocycles. The zero-order valence-corrected chi connectivity index (χ0v) is 41.0. The maximum absolute atomic E-state index is 15.7. The minimum atomic E-state index is -2.31. The summed E-state index contributed by atoms with van der Waals surface area (Å²) in [7, 11) is 6.26. The molecule has 3 saturated heterocycles. The molecule has 67 heavy (non-hydrogen) atoms. The van der Waals surface area contributed by atoms with E-state index in [1.54, 1.807) is 18.9 Å². The van der Waals surface area contributed by atoms with Gasteiger partial charge >= 0.3 is 17.9 Å². The lowest BCUT2D eigenvalue weighted by atomic mass is 9.47. The number of nitrogens with zero attached hydrogens (tertiary/aromatic N) is 3. The van der Waals surface area contributed by atoms with Crippen LogP contribution in [-0.4, -0.2) is 144 Å². The molecule has 0 radical (unpaired) electrons. The summed E-state index contributed by atoms with van der Waals surface area (Å²) in [5.41, 5.74) is -2.19. The number of allylic oxidation sites excluding steroid dienone is 1. The van der Waals surface area contributed by atoms with Gasteiger partial charge in [0.1, 0.15) is 5.41 Å². The number of carbonyl (C=O) groups excluding carboxylic acids is 3. The lowest BCUT2D eigenvalue weighted by molar-refractivity contribution is -0.243. The van der Waals surface area contributed by atoms with Gasteiger partial charge in [0, 0.05) is 102 Å². The van der Waals surface area contributed by atoms with Crippen molar-refractivity contribution in [3.05, 3.63) is 94.3 Å².